The first kappa shape index (κ1) is 21.3. The Bertz CT molecular complexity index is 1090. The van der Waals surface area contributed by atoms with Crippen LogP contribution in [0, 0.1) is 0 Å². The van der Waals surface area contributed by atoms with Gasteiger partial charge in [0, 0.05) is 0 Å². The van der Waals surface area contributed by atoms with Gasteiger partial charge in [-0.15, -0.1) is 0 Å². The molecular formula is C26H29ClSiZr. The van der Waals surface area contributed by atoms with Crippen molar-refractivity contribution in [3.8, 4) is 0 Å². The molecule has 0 radical (unpaired) electrons. The standard InChI is InChI=1S/C15H10Cl.C9H13.C2H6Si.Zr/c16-13-7-9-15-12(10-13)6-8-14(15)11-4-2-1-3-5-11;1-6-5-7(2)9(4)8(6)3;1-3-2;/h1-10H;5H,1-4H3;1-2H3;. The van der Waals surface area contributed by atoms with Crippen molar-refractivity contribution < 1.29 is 20.4 Å². The van der Waals surface area contributed by atoms with Gasteiger partial charge in [0.15, 0.2) is 0 Å². The molecule has 2 aliphatic carbocycles. The van der Waals surface area contributed by atoms with Gasteiger partial charge in [0.05, 0.1) is 0 Å². The predicted molar refractivity (Wildman–Crippen MR) is 126 cm³/mol. The molecule has 2 aliphatic rings. The van der Waals surface area contributed by atoms with Crippen LogP contribution in [0.4, 0.5) is 0 Å². The van der Waals surface area contributed by atoms with E-state index >= 15 is 0 Å². The maximum atomic E-state index is 6.52. The fourth-order valence-electron chi connectivity index (χ4n) is 5.10. The van der Waals surface area contributed by atoms with Crippen LogP contribution in [0.2, 0.25) is 21.7 Å². The van der Waals surface area contributed by atoms with Gasteiger partial charge < -0.3 is 0 Å². The second kappa shape index (κ2) is 8.29. The van der Waals surface area contributed by atoms with Crippen LogP contribution in [0.25, 0.3) is 5.57 Å². The molecule has 1 atom stereocenters. The summed E-state index contributed by atoms with van der Waals surface area (Å²) >= 11 is 4.60. The molecule has 0 fully saturated rings. The molecule has 29 heavy (non-hydrogen) atoms. The van der Waals surface area contributed by atoms with Gasteiger partial charge >= 0.3 is 190 Å². The molecule has 1 unspecified atom stereocenters. The summed E-state index contributed by atoms with van der Waals surface area (Å²) < 4.78 is 1.35. The fourth-order valence-corrected chi connectivity index (χ4v) is 25.8. The number of hydrogen-bond acceptors (Lipinski definition) is 0. The van der Waals surface area contributed by atoms with Crippen LogP contribution >= 0.6 is 11.6 Å². The molecule has 0 aromatic heterocycles. The van der Waals surface area contributed by atoms with Crippen molar-refractivity contribution in [3.63, 3.8) is 0 Å². The zero-order valence-electron chi connectivity index (χ0n) is 18.2. The van der Waals surface area contributed by atoms with Gasteiger partial charge in [0.2, 0.25) is 0 Å². The summed E-state index contributed by atoms with van der Waals surface area (Å²) in [5.41, 5.74) is 11.7. The van der Waals surface area contributed by atoms with Crippen molar-refractivity contribution >= 4 is 22.6 Å². The fraction of sp³-hybridized carbons (Fsp3) is 0.308. The van der Waals surface area contributed by atoms with Crippen molar-refractivity contribution in [2.75, 3.05) is 0 Å². The summed E-state index contributed by atoms with van der Waals surface area (Å²) in [5, 5.41) is 0.874. The first-order valence-electron chi connectivity index (χ1n) is 10.4. The summed E-state index contributed by atoms with van der Waals surface area (Å²) in [5.74, 6) is 0. The molecule has 148 valence electrons. The van der Waals surface area contributed by atoms with E-state index in [1.54, 1.807) is 22.3 Å². The summed E-state index contributed by atoms with van der Waals surface area (Å²) in [6.07, 6.45) is 2.63. The summed E-state index contributed by atoms with van der Waals surface area (Å²) in [6.45, 7) is 14.6. The summed E-state index contributed by atoms with van der Waals surface area (Å²) in [7, 11) is 0. The van der Waals surface area contributed by atoms with Gasteiger partial charge in [-0.1, -0.05) is 0 Å². The Morgan fingerprint density at radius 1 is 0.862 bits per heavy atom. The Hall–Kier alpha value is -0.950. The Morgan fingerprint density at radius 2 is 1.48 bits per heavy atom. The molecule has 0 N–H and O–H groups in total. The molecule has 0 aliphatic heterocycles. The minimum absolute atomic E-state index is 0.369. The molecule has 0 saturated heterocycles. The van der Waals surface area contributed by atoms with E-state index in [1.807, 2.05) is 0 Å². The zero-order chi connectivity index (χ0) is 20.9. The summed E-state index contributed by atoms with van der Waals surface area (Å²) in [4.78, 5) is 0. The monoisotopic (exact) mass is 494 g/mol. The summed E-state index contributed by atoms with van der Waals surface area (Å²) in [6, 6.07) is 17.5. The maximum absolute atomic E-state index is 6.52. The predicted octanol–water partition coefficient (Wildman–Crippen LogP) is 8.17. The van der Waals surface area contributed by atoms with E-state index < -0.39 is 20.4 Å². The van der Waals surface area contributed by atoms with Gasteiger partial charge in [-0.25, -0.2) is 0 Å². The van der Waals surface area contributed by atoms with Crippen LogP contribution in [0.3, 0.4) is 0 Å². The Kier molecular flexibility index (Phi) is 6.09. The van der Waals surface area contributed by atoms with Gasteiger partial charge in [0.1, 0.15) is 0 Å². The van der Waals surface area contributed by atoms with Crippen molar-refractivity contribution in [3.05, 3.63) is 98.6 Å². The van der Waals surface area contributed by atoms with E-state index in [2.05, 4.69) is 95.4 Å². The first-order valence-corrected chi connectivity index (χ1v) is 19.8. The average Bonchev–Trinajstić information content (AvgIpc) is 3.16. The van der Waals surface area contributed by atoms with E-state index in [-0.39, 0.29) is 5.43 Å². The first-order chi connectivity index (χ1) is 13.8. The molecule has 0 nitrogen and oxygen atoms in total. The topological polar surface area (TPSA) is 0 Å². The third kappa shape index (κ3) is 3.67. The Morgan fingerprint density at radius 3 is 2.07 bits per heavy atom. The third-order valence-corrected chi connectivity index (χ3v) is 26.8. The van der Waals surface area contributed by atoms with Gasteiger partial charge in [-0.05, 0) is 0 Å². The quantitative estimate of drug-likeness (QED) is 0.376. The van der Waals surface area contributed by atoms with Gasteiger partial charge in [-0.3, -0.25) is 0 Å². The molecule has 2 aromatic rings. The molecule has 0 saturated carbocycles. The van der Waals surface area contributed by atoms with Crippen LogP contribution in [0.15, 0.2) is 76.9 Å². The SMILES string of the molecule is CC1=C(C)[CH]([Zr]([CH]2C=C(c3ccccc3)c3ccc(Cl)cc32)=[Si](C)C)C(C)=C1C. The molecule has 0 amide bonds. The van der Waals surface area contributed by atoms with Crippen molar-refractivity contribution in [1.82, 2.24) is 0 Å². The second-order valence-corrected chi connectivity index (χ2v) is 27.1. The van der Waals surface area contributed by atoms with Crippen LogP contribution in [-0.2, 0) is 20.4 Å². The van der Waals surface area contributed by atoms with Gasteiger partial charge in [0.25, 0.3) is 0 Å². The van der Waals surface area contributed by atoms with Crippen molar-refractivity contribution in [2.45, 2.75) is 48.0 Å². The van der Waals surface area contributed by atoms with Crippen LogP contribution in [0.5, 0.6) is 0 Å². The number of allylic oxidation sites excluding steroid dienone is 5. The van der Waals surface area contributed by atoms with Gasteiger partial charge in [-0.2, -0.15) is 0 Å². The number of benzene rings is 2. The van der Waals surface area contributed by atoms with Crippen molar-refractivity contribution in [2.24, 2.45) is 0 Å². The second-order valence-electron chi connectivity index (χ2n) is 8.66. The van der Waals surface area contributed by atoms with E-state index in [1.165, 1.54) is 22.3 Å². The molecule has 3 heteroatoms. The Balaban J connectivity index is 1.93. The van der Waals surface area contributed by atoms with Crippen LogP contribution in [0.1, 0.15) is 48.0 Å². The third-order valence-electron chi connectivity index (χ3n) is 6.89. The minimum atomic E-state index is -1.92. The number of fused-ring (bicyclic) bond motifs is 1. The van der Waals surface area contributed by atoms with E-state index in [4.69, 9.17) is 11.6 Å². The molecule has 0 heterocycles. The van der Waals surface area contributed by atoms with Crippen LogP contribution in [-0.4, -0.2) is 5.43 Å². The number of rotatable bonds is 3. The zero-order valence-corrected chi connectivity index (χ0v) is 22.4. The molecule has 0 spiro atoms. The van der Waals surface area contributed by atoms with Crippen LogP contribution < -0.4 is 0 Å². The van der Waals surface area contributed by atoms with E-state index in [0.717, 1.165) is 8.65 Å². The molecular weight excluding hydrogens is 467 g/mol. The molecule has 0 bridgehead atoms. The van der Waals surface area contributed by atoms with E-state index in [0.29, 0.717) is 3.63 Å². The average molecular weight is 496 g/mol. The molecule has 2 aromatic carbocycles. The number of halogens is 1. The number of hydrogen-bond donors (Lipinski definition) is 0. The normalized spacial score (nSPS) is 19.0. The van der Waals surface area contributed by atoms with E-state index in [9.17, 15) is 0 Å². The van der Waals surface area contributed by atoms with Crippen molar-refractivity contribution in [1.29, 1.82) is 0 Å². The molecule has 4 rings (SSSR count). The Labute approximate surface area is 188 Å².